The van der Waals surface area contributed by atoms with Crippen molar-refractivity contribution in [1.82, 2.24) is 10.3 Å². The van der Waals surface area contributed by atoms with Gasteiger partial charge in [-0.05, 0) is 53.9 Å². The van der Waals surface area contributed by atoms with Crippen LogP contribution in [0.4, 0.5) is 17.2 Å². The molecule has 0 unspecified atom stereocenters. The van der Waals surface area contributed by atoms with Crippen LogP contribution in [-0.4, -0.2) is 24.2 Å². The van der Waals surface area contributed by atoms with Crippen molar-refractivity contribution in [1.29, 1.82) is 0 Å². The minimum absolute atomic E-state index is 0.0234. The number of hydrogen-bond acceptors (Lipinski definition) is 5. The molecule has 3 heterocycles. The van der Waals surface area contributed by atoms with Crippen LogP contribution in [0.15, 0.2) is 42.5 Å². The zero-order valence-electron chi connectivity index (χ0n) is 18.6. The topological polar surface area (TPSA) is 66.5 Å². The lowest BCUT2D eigenvalue weighted by atomic mass is 9.79. The molecule has 33 heavy (non-hydrogen) atoms. The molecule has 2 aromatic carbocycles. The Kier molecular flexibility index (Phi) is 5.47. The molecule has 0 spiro atoms. The van der Waals surface area contributed by atoms with Crippen LogP contribution >= 0.6 is 23.2 Å². The highest BCUT2D eigenvalue weighted by molar-refractivity contribution is 6.40. The first-order chi connectivity index (χ1) is 15.7. The van der Waals surface area contributed by atoms with E-state index in [0.29, 0.717) is 27.1 Å². The van der Waals surface area contributed by atoms with E-state index in [9.17, 15) is 4.79 Å². The van der Waals surface area contributed by atoms with Gasteiger partial charge in [0, 0.05) is 24.2 Å². The predicted molar refractivity (Wildman–Crippen MR) is 132 cm³/mol. The summed E-state index contributed by atoms with van der Waals surface area (Å²) in [4.78, 5) is 19.3. The number of amides is 1. The molecule has 0 saturated carbocycles. The lowest BCUT2D eigenvalue weighted by molar-refractivity contribution is 0.0933. The van der Waals surface area contributed by atoms with Crippen molar-refractivity contribution in [2.45, 2.75) is 32.7 Å². The van der Waals surface area contributed by atoms with Crippen molar-refractivity contribution in [2.24, 2.45) is 0 Å². The summed E-state index contributed by atoms with van der Waals surface area (Å²) in [6.07, 6.45) is 0. The van der Waals surface area contributed by atoms with Gasteiger partial charge in [-0.3, -0.25) is 9.69 Å². The number of para-hydroxylation sites is 1. The van der Waals surface area contributed by atoms with Crippen LogP contribution < -0.4 is 20.3 Å². The Balaban J connectivity index is 1.44. The second kappa shape index (κ2) is 8.20. The van der Waals surface area contributed by atoms with Crippen molar-refractivity contribution < 1.29 is 9.53 Å². The molecule has 0 saturated heterocycles. The summed E-state index contributed by atoms with van der Waals surface area (Å²) in [5.74, 6) is 0.678. The standard InChI is InChI=1S/C25H24Cl2N4O2/c1-14-9-17-23(33-13-31(24(17)32)21-19(26)5-4-6-20(21)27)30-22(14)29-16-7-8-18-15(10-16)11-28-12-25(18,2)3/h4-10,28H,11-13H2,1-3H3,(H,29,30). The Bertz CT molecular complexity index is 1260. The molecular weight excluding hydrogens is 459 g/mol. The number of benzene rings is 2. The molecule has 5 rings (SSSR count). The first-order valence-corrected chi connectivity index (χ1v) is 11.5. The van der Waals surface area contributed by atoms with Crippen molar-refractivity contribution in [2.75, 3.05) is 23.5 Å². The van der Waals surface area contributed by atoms with E-state index in [2.05, 4.69) is 47.7 Å². The van der Waals surface area contributed by atoms with Gasteiger partial charge in [0.2, 0.25) is 5.88 Å². The fraction of sp³-hybridized carbons (Fsp3) is 0.280. The number of ether oxygens (including phenoxy) is 1. The Morgan fingerprint density at radius 1 is 1.15 bits per heavy atom. The molecule has 6 nitrogen and oxygen atoms in total. The Morgan fingerprint density at radius 3 is 2.67 bits per heavy atom. The van der Waals surface area contributed by atoms with E-state index in [1.54, 1.807) is 24.3 Å². The lowest BCUT2D eigenvalue weighted by Gasteiger charge is -2.33. The Morgan fingerprint density at radius 2 is 1.91 bits per heavy atom. The fourth-order valence-electron chi connectivity index (χ4n) is 4.45. The molecule has 2 aliphatic rings. The minimum atomic E-state index is -0.254. The number of halogens is 2. The fourth-order valence-corrected chi connectivity index (χ4v) is 5.05. The molecule has 8 heteroatoms. The lowest BCUT2D eigenvalue weighted by Crippen LogP contribution is -2.39. The number of carbonyl (C=O) groups is 1. The zero-order chi connectivity index (χ0) is 23.3. The summed E-state index contributed by atoms with van der Waals surface area (Å²) >= 11 is 12.6. The van der Waals surface area contributed by atoms with E-state index in [4.69, 9.17) is 27.9 Å². The predicted octanol–water partition coefficient (Wildman–Crippen LogP) is 5.82. The normalized spacial score (nSPS) is 16.6. The smallest absolute Gasteiger partial charge is 0.266 e. The van der Waals surface area contributed by atoms with Crippen LogP contribution in [0.3, 0.4) is 0 Å². The molecule has 3 aromatic rings. The third kappa shape index (κ3) is 3.92. The van der Waals surface area contributed by atoms with E-state index in [1.165, 1.54) is 16.0 Å². The summed E-state index contributed by atoms with van der Waals surface area (Å²) in [5.41, 5.74) is 5.29. The largest absolute Gasteiger partial charge is 0.455 e. The minimum Gasteiger partial charge on any atom is -0.455 e. The van der Waals surface area contributed by atoms with Gasteiger partial charge in [-0.25, -0.2) is 0 Å². The van der Waals surface area contributed by atoms with Crippen LogP contribution in [0.25, 0.3) is 0 Å². The number of rotatable bonds is 3. The van der Waals surface area contributed by atoms with E-state index in [1.807, 2.05) is 6.92 Å². The van der Waals surface area contributed by atoms with Gasteiger partial charge in [-0.2, -0.15) is 4.98 Å². The van der Waals surface area contributed by atoms with Crippen LogP contribution in [0.5, 0.6) is 5.88 Å². The molecule has 0 atom stereocenters. The van der Waals surface area contributed by atoms with E-state index >= 15 is 0 Å². The molecular formula is C25H24Cl2N4O2. The van der Waals surface area contributed by atoms with Gasteiger partial charge in [0.1, 0.15) is 11.4 Å². The second-order valence-corrected chi connectivity index (χ2v) is 9.88. The molecule has 170 valence electrons. The SMILES string of the molecule is Cc1cc2c(nc1Nc1ccc3c(c1)CNCC3(C)C)OCN(c1c(Cl)cccc1Cl)C2=O. The highest BCUT2D eigenvalue weighted by Gasteiger charge is 2.32. The number of fused-ring (bicyclic) bond motifs is 2. The highest BCUT2D eigenvalue weighted by atomic mass is 35.5. The van der Waals surface area contributed by atoms with Gasteiger partial charge in [0.15, 0.2) is 6.73 Å². The average Bonchev–Trinajstić information content (AvgIpc) is 2.76. The first kappa shape index (κ1) is 22.0. The van der Waals surface area contributed by atoms with Crippen molar-refractivity contribution >= 4 is 46.3 Å². The van der Waals surface area contributed by atoms with Gasteiger partial charge in [0.25, 0.3) is 5.91 Å². The van der Waals surface area contributed by atoms with Crippen LogP contribution in [0.2, 0.25) is 10.0 Å². The van der Waals surface area contributed by atoms with Crippen molar-refractivity contribution in [3.8, 4) is 5.88 Å². The number of nitrogens with zero attached hydrogens (tertiary/aromatic N) is 2. The average molecular weight is 483 g/mol. The number of pyridine rings is 1. The number of hydrogen-bond donors (Lipinski definition) is 2. The molecule has 0 aliphatic carbocycles. The van der Waals surface area contributed by atoms with E-state index < -0.39 is 0 Å². The molecule has 2 N–H and O–H groups in total. The van der Waals surface area contributed by atoms with Gasteiger partial charge < -0.3 is 15.4 Å². The zero-order valence-corrected chi connectivity index (χ0v) is 20.1. The van der Waals surface area contributed by atoms with Gasteiger partial charge in [0.05, 0.1) is 15.7 Å². The van der Waals surface area contributed by atoms with Crippen LogP contribution in [-0.2, 0) is 12.0 Å². The quantitative estimate of drug-likeness (QED) is 0.492. The number of carbonyl (C=O) groups excluding carboxylic acids is 1. The summed E-state index contributed by atoms with van der Waals surface area (Å²) in [7, 11) is 0. The molecule has 0 fully saturated rings. The number of nitrogens with one attached hydrogen (secondary N) is 2. The van der Waals surface area contributed by atoms with Gasteiger partial charge >= 0.3 is 0 Å². The van der Waals surface area contributed by atoms with Crippen LogP contribution in [0.1, 0.15) is 40.9 Å². The Hall–Kier alpha value is -2.80. The molecule has 1 amide bonds. The second-order valence-electron chi connectivity index (χ2n) is 9.07. The number of aryl methyl sites for hydroxylation is 1. The Labute approximate surface area is 202 Å². The summed E-state index contributed by atoms with van der Waals surface area (Å²) < 4.78 is 5.85. The van der Waals surface area contributed by atoms with Crippen LogP contribution in [0, 0.1) is 6.92 Å². The van der Waals surface area contributed by atoms with E-state index in [-0.39, 0.29) is 23.9 Å². The maximum absolute atomic E-state index is 13.2. The maximum Gasteiger partial charge on any atom is 0.266 e. The number of aromatic nitrogens is 1. The third-order valence-electron chi connectivity index (χ3n) is 6.17. The van der Waals surface area contributed by atoms with E-state index in [0.717, 1.165) is 24.3 Å². The van der Waals surface area contributed by atoms with Crippen molar-refractivity contribution in [3.05, 3.63) is 74.8 Å². The maximum atomic E-state index is 13.2. The molecule has 2 aliphatic heterocycles. The molecule has 0 bridgehead atoms. The van der Waals surface area contributed by atoms with Gasteiger partial charge in [-0.15, -0.1) is 0 Å². The first-order valence-electron chi connectivity index (χ1n) is 10.8. The number of anilines is 3. The summed E-state index contributed by atoms with van der Waals surface area (Å²) in [6.45, 7) is 8.17. The molecule has 0 radical (unpaired) electrons. The monoisotopic (exact) mass is 482 g/mol. The highest BCUT2D eigenvalue weighted by Crippen LogP contribution is 2.38. The molecule has 1 aromatic heterocycles. The van der Waals surface area contributed by atoms with Crippen molar-refractivity contribution in [3.63, 3.8) is 0 Å². The summed E-state index contributed by atoms with van der Waals surface area (Å²) in [5, 5.41) is 7.64. The summed E-state index contributed by atoms with van der Waals surface area (Å²) in [6, 6.07) is 13.3. The third-order valence-corrected chi connectivity index (χ3v) is 6.78. The van der Waals surface area contributed by atoms with Gasteiger partial charge in [-0.1, -0.05) is 49.2 Å².